The molecule has 0 aromatic heterocycles. The monoisotopic (exact) mass is 1470 g/mol. The molecule has 0 bridgehead atoms. The number of hydrogen-bond donors (Lipinski definition) is 0. The van der Waals surface area contributed by atoms with Gasteiger partial charge in [0.2, 0.25) is 0 Å². The first-order valence-corrected chi connectivity index (χ1v) is 36.9. The summed E-state index contributed by atoms with van der Waals surface area (Å²) in [6.45, 7) is 52.8. The summed E-state index contributed by atoms with van der Waals surface area (Å²) in [6, 6.07) is 0. The molecule has 0 aliphatic heterocycles. The van der Waals surface area contributed by atoms with Crippen molar-refractivity contribution in [2.24, 2.45) is 43.3 Å². The Labute approximate surface area is 620 Å². The Morgan fingerprint density at radius 2 is 0.235 bits per heavy atom. The zero-order valence-corrected chi connectivity index (χ0v) is 70.0. The van der Waals surface area contributed by atoms with Crippen molar-refractivity contribution < 1.29 is 102 Å². The number of carboxylic acids is 8. The minimum absolute atomic E-state index is 0. The number of aliphatic carboxylic acids is 8. The summed E-state index contributed by atoms with van der Waals surface area (Å²) >= 11 is 0. The van der Waals surface area contributed by atoms with Gasteiger partial charge >= 0.3 is 30.8 Å². The van der Waals surface area contributed by atoms with Crippen LogP contribution >= 0.6 is 0 Å². The number of hydrogen-bond acceptors (Lipinski definition) is 16. The molecule has 0 unspecified atom stereocenters. The Bertz CT molecular complexity index is 1490. The van der Waals surface area contributed by atoms with Gasteiger partial charge in [-0.05, 0) is 197 Å². The molecule has 0 atom stereocenters. The Morgan fingerprint density at radius 1 is 0.163 bits per heavy atom. The third-order valence-corrected chi connectivity index (χ3v) is 14.5. The molecule has 0 radical (unpaired) electrons. The predicted molar refractivity (Wildman–Crippen MR) is 386 cm³/mol. The zero-order valence-electron chi connectivity index (χ0n) is 67.8. The van der Waals surface area contributed by atoms with Gasteiger partial charge in [0, 0.05) is 47.8 Å². The summed E-state index contributed by atoms with van der Waals surface area (Å²) < 4.78 is 0. The second-order valence-electron chi connectivity index (χ2n) is 35.9. The number of unbranched alkanes of at least 4 members (excludes halogenated alkanes) is 16. The van der Waals surface area contributed by atoms with Crippen molar-refractivity contribution in [2.45, 2.75) is 423 Å². The van der Waals surface area contributed by atoms with E-state index in [0.717, 1.165) is 154 Å². The van der Waals surface area contributed by atoms with E-state index in [-0.39, 0.29) is 82.2 Å². The van der Waals surface area contributed by atoms with E-state index in [9.17, 15) is 79.2 Å². The molecular weight excluding hydrogens is 1320 g/mol. The first-order valence-electron chi connectivity index (χ1n) is 36.9. The molecule has 0 aliphatic rings. The fraction of sp³-hybridized carbons (Fsp3) is 0.900. The van der Waals surface area contributed by atoms with Gasteiger partial charge in [0.05, 0.1) is 0 Å². The summed E-state index contributed by atoms with van der Waals surface area (Å²) in [5.41, 5.74) is 3.01. The maximum atomic E-state index is 10.0. The van der Waals surface area contributed by atoms with E-state index in [1.165, 1.54) is 51.4 Å². The third-order valence-electron chi connectivity index (χ3n) is 14.5. The van der Waals surface area contributed by atoms with Gasteiger partial charge in [0.15, 0.2) is 0 Å². The van der Waals surface area contributed by atoms with E-state index in [4.69, 9.17) is 0 Å². The van der Waals surface area contributed by atoms with Gasteiger partial charge < -0.3 is 79.2 Å². The van der Waals surface area contributed by atoms with Gasteiger partial charge in [-0.25, -0.2) is 0 Å². The van der Waals surface area contributed by atoms with E-state index in [1.807, 2.05) is 0 Å². The summed E-state index contributed by atoms with van der Waals surface area (Å²) in [6.07, 6.45) is 34.1. The van der Waals surface area contributed by atoms with E-state index in [0.29, 0.717) is 43.3 Å². The van der Waals surface area contributed by atoms with Gasteiger partial charge in [-0.1, -0.05) is 269 Å². The first kappa shape index (κ1) is 116. The minimum atomic E-state index is -0.925. The third kappa shape index (κ3) is 165. The molecule has 576 valence electrons. The summed E-state index contributed by atoms with van der Waals surface area (Å²) in [4.78, 5) is 80.4. The fourth-order valence-corrected chi connectivity index (χ4v) is 8.81. The molecule has 16 nitrogen and oxygen atoms in total. The molecule has 0 aromatic rings. The minimum Gasteiger partial charge on any atom is -0.550 e. The molecule has 0 saturated carbocycles. The van der Waals surface area contributed by atoms with Crippen LogP contribution in [-0.2, 0) is 60.7 Å². The van der Waals surface area contributed by atoms with Crippen LogP contribution < -0.4 is 40.9 Å². The maximum Gasteiger partial charge on any atom is 5.00 e. The Hall–Kier alpha value is -3.43. The standard InChI is InChI=1S/8C10H20O2.B.Nb/c8*1-10(2,3)8-6-4-5-7-9(11)12;;/h8*4-8H2,1-3H3,(H,11,12);;/q;;;;;;;;+3;+5/p-8. The van der Waals surface area contributed by atoms with E-state index in [1.54, 1.807) is 0 Å². The topological polar surface area (TPSA) is 321 Å². The normalized spacial score (nSPS) is 11.3. The van der Waals surface area contributed by atoms with Crippen molar-refractivity contribution in [3.8, 4) is 0 Å². The van der Waals surface area contributed by atoms with Crippen LogP contribution in [0.3, 0.4) is 0 Å². The van der Waals surface area contributed by atoms with Crippen LogP contribution in [0, 0.1) is 43.3 Å². The maximum absolute atomic E-state index is 10.0. The van der Waals surface area contributed by atoms with Gasteiger partial charge in [-0.15, -0.1) is 0 Å². The Kier molecular flexibility index (Phi) is 80.3. The predicted octanol–water partition coefficient (Wildman–Crippen LogP) is 13.5. The van der Waals surface area contributed by atoms with Gasteiger partial charge in [0.1, 0.15) is 0 Å². The van der Waals surface area contributed by atoms with Gasteiger partial charge in [0.25, 0.3) is 0 Å². The first-order chi connectivity index (χ1) is 43.3. The SMILES string of the molecule is CC(C)(C)CCCCCC(=O)[O-].CC(C)(C)CCCCCC(=O)[O-].CC(C)(C)CCCCCC(=O)[O-].CC(C)(C)CCCCCC(=O)[O-].CC(C)(C)CCCCCC(=O)[O-].CC(C)(C)CCCCCC(=O)[O-].CC(C)(C)CCCCCC(=O)[O-].CC(C)(C)CCCCCC(=O)[O-].[B+3].[Nb+5]. The van der Waals surface area contributed by atoms with Crippen molar-refractivity contribution in [1.29, 1.82) is 0 Å². The van der Waals surface area contributed by atoms with Crippen molar-refractivity contribution >= 4 is 56.2 Å². The second-order valence-corrected chi connectivity index (χ2v) is 35.9. The van der Waals surface area contributed by atoms with Crippen LogP contribution in [0.1, 0.15) is 423 Å². The quantitative estimate of drug-likeness (QED) is 0.0406. The Balaban J connectivity index is -0.000000113. The fourth-order valence-electron chi connectivity index (χ4n) is 8.81. The van der Waals surface area contributed by atoms with Crippen LogP contribution in [0.4, 0.5) is 0 Å². The molecule has 0 aliphatic carbocycles. The second kappa shape index (κ2) is 68.0. The molecule has 98 heavy (non-hydrogen) atoms. The van der Waals surface area contributed by atoms with Crippen molar-refractivity contribution in [3.05, 3.63) is 0 Å². The molecule has 0 rings (SSSR count). The van der Waals surface area contributed by atoms with Crippen LogP contribution in [-0.4, -0.2) is 56.2 Å². The number of rotatable bonds is 40. The number of carboxylic acid groups (broad SMARTS) is 8. The molecule has 0 aromatic carbocycles. The average molecular weight is 1470 g/mol. The Morgan fingerprint density at radius 3 is 0.286 bits per heavy atom. The molecular formula is C80H152BNbO16. The van der Waals surface area contributed by atoms with Crippen molar-refractivity contribution in [2.75, 3.05) is 0 Å². The summed E-state index contributed by atoms with van der Waals surface area (Å²) in [5, 5.41) is 80.4. The van der Waals surface area contributed by atoms with Gasteiger partial charge in [-0.2, -0.15) is 0 Å². The van der Waals surface area contributed by atoms with E-state index < -0.39 is 47.8 Å². The molecule has 0 spiro atoms. The van der Waals surface area contributed by atoms with Gasteiger partial charge in [-0.3, -0.25) is 0 Å². The van der Waals surface area contributed by atoms with Crippen LogP contribution in [0.5, 0.6) is 0 Å². The van der Waals surface area contributed by atoms with E-state index >= 15 is 0 Å². The molecule has 18 heteroatoms. The van der Waals surface area contributed by atoms with Crippen LogP contribution in [0.25, 0.3) is 0 Å². The average Bonchev–Trinajstić information content (AvgIpc) is 2.57. The van der Waals surface area contributed by atoms with E-state index in [2.05, 4.69) is 166 Å². The molecule has 0 heterocycles. The number of carbonyl (C=O) groups excluding carboxylic acids is 8. The van der Waals surface area contributed by atoms with Crippen molar-refractivity contribution in [1.82, 2.24) is 0 Å². The summed E-state index contributed by atoms with van der Waals surface area (Å²) in [5.74, 6) is -7.40. The molecule has 0 N–H and O–H groups in total. The summed E-state index contributed by atoms with van der Waals surface area (Å²) in [7, 11) is 0. The smallest absolute Gasteiger partial charge is 0.550 e. The largest absolute Gasteiger partial charge is 5.00 e. The van der Waals surface area contributed by atoms with Crippen molar-refractivity contribution in [3.63, 3.8) is 0 Å². The molecule has 0 saturated heterocycles. The molecule has 0 fully saturated rings. The van der Waals surface area contributed by atoms with Crippen LogP contribution in [0.2, 0.25) is 0 Å². The van der Waals surface area contributed by atoms with Crippen LogP contribution in [0.15, 0.2) is 0 Å². The number of carbonyl (C=O) groups is 8. The molecule has 0 amide bonds. The zero-order chi connectivity index (χ0) is 76.9.